The Kier molecular flexibility index (Phi) is 6.83. The van der Waals surface area contributed by atoms with Crippen molar-refractivity contribution < 1.29 is 14.6 Å². The van der Waals surface area contributed by atoms with E-state index >= 15 is 0 Å². The molecule has 0 bridgehead atoms. The lowest BCUT2D eigenvalue weighted by Gasteiger charge is -2.28. The van der Waals surface area contributed by atoms with E-state index in [0.29, 0.717) is 13.2 Å². The predicted molar refractivity (Wildman–Crippen MR) is 116 cm³/mol. The van der Waals surface area contributed by atoms with Crippen LogP contribution in [0.15, 0.2) is 42.5 Å². The molecule has 0 fully saturated rings. The van der Waals surface area contributed by atoms with Crippen LogP contribution in [0.2, 0.25) is 0 Å². The molecule has 1 heterocycles. The molecule has 1 atom stereocenters. The summed E-state index contributed by atoms with van der Waals surface area (Å²) < 4.78 is 11.7. The number of ether oxygens (including phenoxy) is 2. The lowest BCUT2D eigenvalue weighted by atomic mass is 9.93. The number of nitrogens with zero attached hydrogens (tertiary/aromatic N) is 2. The van der Waals surface area contributed by atoms with E-state index in [1.54, 1.807) is 0 Å². The molecule has 0 aromatic heterocycles. The zero-order valence-corrected chi connectivity index (χ0v) is 18.3. The van der Waals surface area contributed by atoms with Crippen LogP contribution in [0.5, 0.6) is 11.5 Å². The highest BCUT2D eigenvalue weighted by molar-refractivity contribution is 5.40. The van der Waals surface area contributed by atoms with Crippen LogP contribution in [0.4, 0.5) is 0 Å². The Balaban J connectivity index is 1.73. The lowest BCUT2D eigenvalue weighted by Crippen LogP contribution is -2.34. The number of rotatable bonds is 7. The molecule has 0 saturated heterocycles. The maximum Gasteiger partial charge on any atom is 0.123 e. The lowest BCUT2D eigenvalue weighted by molar-refractivity contribution is 0.0299. The zero-order valence-electron chi connectivity index (χ0n) is 18.3. The van der Waals surface area contributed by atoms with Crippen LogP contribution >= 0.6 is 0 Å². The highest BCUT2D eigenvalue weighted by atomic mass is 16.5. The van der Waals surface area contributed by atoms with E-state index in [1.165, 1.54) is 5.56 Å². The number of hydrogen-bond donors (Lipinski definition) is 1. The van der Waals surface area contributed by atoms with Gasteiger partial charge in [0, 0.05) is 31.7 Å². The molecular formula is C24H34N2O3. The minimum Gasteiger partial charge on any atom is -0.492 e. The fourth-order valence-electron chi connectivity index (χ4n) is 3.83. The maximum atomic E-state index is 10.9. The molecule has 29 heavy (non-hydrogen) atoms. The van der Waals surface area contributed by atoms with E-state index in [-0.39, 0.29) is 6.10 Å². The summed E-state index contributed by atoms with van der Waals surface area (Å²) in [6.07, 6.45) is 0.180. The van der Waals surface area contributed by atoms with Gasteiger partial charge in [0.25, 0.3) is 0 Å². The van der Waals surface area contributed by atoms with Gasteiger partial charge in [0.1, 0.15) is 18.1 Å². The summed E-state index contributed by atoms with van der Waals surface area (Å²) in [5.74, 6) is 1.82. The molecule has 2 aromatic carbocycles. The second-order valence-corrected chi connectivity index (χ2v) is 8.70. The highest BCUT2D eigenvalue weighted by Gasteiger charge is 2.26. The largest absolute Gasteiger partial charge is 0.492 e. The molecule has 0 aliphatic carbocycles. The first-order valence-electron chi connectivity index (χ1n) is 10.3. The second-order valence-electron chi connectivity index (χ2n) is 8.70. The smallest absolute Gasteiger partial charge is 0.123 e. The standard InChI is InChI=1S/C24H34N2O3/c1-18(2)29-22-9-6-19(7-10-22)15-26-12-13-28-23-11-8-21(14-20(23)16-26)24(3,27)17-25(4)5/h6-11,14,18,27H,12-13,15-17H2,1-5H3. The monoisotopic (exact) mass is 398 g/mol. The number of fused-ring (bicyclic) bond motifs is 1. The van der Waals surface area contributed by atoms with Crippen molar-refractivity contribution in [3.05, 3.63) is 59.2 Å². The van der Waals surface area contributed by atoms with Crippen LogP contribution in [0.1, 0.15) is 37.5 Å². The predicted octanol–water partition coefficient (Wildman–Crippen LogP) is 3.64. The highest BCUT2D eigenvalue weighted by Crippen LogP contribution is 2.30. The molecule has 158 valence electrons. The fraction of sp³-hybridized carbons (Fsp3) is 0.500. The summed E-state index contributed by atoms with van der Waals surface area (Å²) in [5.41, 5.74) is 2.40. The van der Waals surface area contributed by atoms with Gasteiger partial charge < -0.3 is 19.5 Å². The van der Waals surface area contributed by atoms with Crippen molar-refractivity contribution in [1.82, 2.24) is 9.80 Å². The van der Waals surface area contributed by atoms with E-state index in [2.05, 4.69) is 23.1 Å². The molecule has 1 aliphatic heterocycles. The summed E-state index contributed by atoms with van der Waals surface area (Å²) in [6.45, 7) is 9.68. The Morgan fingerprint density at radius 2 is 1.90 bits per heavy atom. The first-order chi connectivity index (χ1) is 13.7. The summed E-state index contributed by atoms with van der Waals surface area (Å²) in [6, 6.07) is 14.4. The van der Waals surface area contributed by atoms with Crippen molar-refractivity contribution in [1.29, 1.82) is 0 Å². The first-order valence-corrected chi connectivity index (χ1v) is 10.3. The molecule has 5 heteroatoms. The number of likely N-dealkylation sites (N-methyl/N-ethyl adjacent to an activating group) is 1. The van der Waals surface area contributed by atoms with Crippen LogP contribution in [0.25, 0.3) is 0 Å². The third-order valence-corrected chi connectivity index (χ3v) is 5.07. The minimum absolute atomic E-state index is 0.180. The van der Waals surface area contributed by atoms with Crippen LogP contribution in [0, 0.1) is 0 Å². The van der Waals surface area contributed by atoms with E-state index < -0.39 is 5.60 Å². The van der Waals surface area contributed by atoms with Crippen molar-refractivity contribution in [2.75, 3.05) is 33.8 Å². The van der Waals surface area contributed by atoms with Crippen molar-refractivity contribution >= 4 is 0 Å². The quantitative estimate of drug-likeness (QED) is 0.772. The van der Waals surface area contributed by atoms with E-state index in [9.17, 15) is 5.11 Å². The van der Waals surface area contributed by atoms with Gasteiger partial charge in [0.05, 0.1) is 11.7 Å². The van der Waals surface area contributed by atoms with Crippen molar-refractivity contribution in [2.45, 2.75) is 45.6 Å². The van der Waals surface area contributed by atoms with Crippen LogP contribution in [-0.2, 0) is 18.7 Å². The zero-order chi connectivity index (χ0) is 21.0. The molecule has 0 saturated carbocycles. The van der Waals surface area contributed by atoms with Gasteiger partial charge in [0.2, 0.25) is 0 Å². The Bertz CT molecular complexity index is 800. The Hall–Kier alpha value is -2.08. The average Bonchev–Trinajstić information content (AvgIpc) is 2.83. The maximum absolute atomic E-state index is 10.9. The van der Waals surface area contributed by atoms with Gasteiger partial charge >= 0.3 is 0 Å². The number of aliphatic hydroxyl groups is 1. The summed E-state index contributed by atoms with van der Waals surface area (Å²) >= 11 is 0. The SMILES string of the molecule is CC(C)Oc1ccc(CN2CCOc3ccc(C(C)(O)CN(C)C)cc3C2)cc1. The van der Waals surface area contributed by atoms with Gasteiger partial charge in [-0.15, -0.1) is 0 Å². The molecule has 1 unspecified atom stereocenters. The molecular weight excluding hydrogens is 364 g/mol. The third-order valence-electron chi connectivity index (χ3n) is 5.07. The van der Waals surface area contributed by atoms with Gasteiger partial charge in [-0.05, 0) is 70.3 Å². The van der Waals surface area contributed by atoms with Gasteiger partial charge in [-0.1, -0.05) is 18.2 Å². The fourth-order valence-corrected chi connectivity index (χ4v) is 3.83. The van der Waals surface area contributed by atoms with Gasteiger partial charge in [0.15, 0.2) is 0 Å². The molecule has 0 amide bonds. The number of benzene rings is 2. The van der Waals surface area contributed by atoms with Crippen LogP contribution in [-0.4, -0.2) is 54.8 Å². The molecule has 0 spiro atoms. The van der Waals surface area contributed by atoms with Gasteiger partial charge in [-0.25, -0.2) is 0 Å². The minimum atomic E-state index is -0.901. The Morgan fingerprint density at radius 3 is 2.55 bits per heavy atom. The van der Waals surface area contributed by atoms with Crippen molar-refractivity contribution in [3.8, 4) is 11.5 Å². The van der Waals surface area contributed by atoms with Gasteiger partial charge in [-0.3, -0.25) is 4.90 Å². The van der Waals surface area contributed by atoms with E-state index in [1.807, 2.05) is 64.0 Å². The second kappa shape index (κ2) is 9.16. The topological polar surface area (TPSA) is 45.2 Å². The Labute approximate surface area is 174 Å². The average molecular weight is 399 g/mol. The van der Waals surface area contributed by atoms with Crippen LogP contribution in [0.3, 0.4) is 0 Å². The molecule has 0 radical (unpaired) electrons. The summed E-state index contributed by atoms with van der Waals surface area (Å²) in [7, 11) is 3.94. The molecule has 2 aromatic rings. The van der Waals surface area contributed by atoms with E-state index in [0.717, 1.165) is 42.3 Å². The normalized spacial score (nSPS) is 16.8. The molecule has 1 aliphatic rings. The molecule has 1 N–H and O–H groups in total. The van der Waals surface area contributed by atoms with Crippen LogP contribution < -0.4 is 9.47 Å². The van der Waals surface area contributed by atoms with E-state index in [4.69, 9.17) is 9.47 Å². The van der Waals surface area contributed by atoms with Gasteiger partial charge in [-0.2, -0.15) is 0 Å². The van der Waals surface area contributed by atoms with Crippen molar-refractivity contribution in [2.24, 2.45) is 0 Å². The third kappa shape index (κ3) is 5.95. The summed E-state index contributed by atoms with van der Waals surface area (Å²) in [5, 5.41) is 10.9. The molecule has 3 rings (SSSR count). The molecule has 5 nitrogen and oxygen atoms in total. The summed E-state index contributed by atoms with van der Waals surface area (Å²) in [4.78, 5) is 4.38. The first kappa shape index (κ1) is 21.6. The number of hydrogen-bond acceptors (Lipinski definition) is 5. The van der Waals surface area contributed by atoms with Crippen molar-refractivity contribution in [3.63, 3.8) is 0 Å². The Morgan fingerprint density at radius 1 is 1.17 bits per heavy atom.